The molecule has 0 aliphatic heterocycles. The molecule has 26 heavy (non-hydrogen) atoms. The van der Waals surface area contributed by atoms with Gasteiger partial charge in [0, 0.05) is 25.7 Å². The molecular weight excluding hydrogens is 348 g/mol. The van der Waals surface area contributed by atoms with Crippen molar-refractivity contribution in [2.24, 2.45) is 0 Å². The van der Waals surface area contributed by atoms with Crippen LogP contribution >= 0.6 is 0 Å². The highest BCUT2D eigenvalue weighted by Gasteiger charge is 2.20. The van der Waals surface area contributed by atoms with Gasteiger partial charge in [0.05, 0.1) is 4.90 Å². The zero-order valence-electron chi connectivity index (χ0n) is 15.7. The van der Waals surface area contributed by atoms with Crippen molar-refractivity contribution in [1.82, 2.24) is 9.62 Å². The average Bonchev–Trinajstić information content (AvgIpc) is 2.61. The Morgan fingerprint density at radius 2 is 1.62 bits per heavy atom. The molecule has 0 fully saturated rings. The summed E-state index contributed by atoms with van der Waals surface area (Å²) in [6.07, 6.45) is 0. The van der Waals surface area contributed by atoms with Crippen molar-refractivity contribution in [1.29, 1.82) is 0 Å². The molecule has 6 heteroatoms. The Labute approximate surface area is 156 Å². The van der Waals surface area contributed by atoms with Crippen LogP contribution < -0.4 is 5.32 Å². The first-order valence-corrected chi connectivity index (χ1v) is 10.1. The molecule has 0 saturated carbocycles. The molecule has 0 unspecified atom stereocenters. The molecule has 0 radical (unpaired) electrons. The van der Waals surface area contributed by atoms with Crippen LogP contribution in [0.4, 0.5) is 0 Å². The van der Waals surface area contributed by atoms with E-state index in [0.29, 0.717) is 11.5 Å². The van der Waals surface area contributed by atoms with Gasteiger partial charge in [0.15, 0.2) is 0 Å². The minimum absolute atomic E-state index is 0.200. The highest BCUT2D eigenvalue weighted by molar-refractivity contribution is 7.89. The number of carbonyl (C=O) groups is 1. The smallest absolute Gasteiger partial charge is 0.251 e. The van der Waals surface area contributed by atoms with Crippen LogP contribution in [-0.2, 0) is 10.0 Å². The fourth-order valence-electron chi connectivity index (χ4n) is 2.46. The Morgan fingerprint density at radius 3 is 2.15 bits per heavy atom. The predicted octanol–water partition coefficient (Wildman–Crippen LogP) is 3.17. The fraction of sp³-hybridized carbons (Fsp3) is 0.350. The number of nitrogens with one attached hydrogen (secondary N) is 1. The second kappa shape index (κ2) is 8.47. The summed E-state index contributed by atoms with van der Waals surface area (Å²) in [5.74, 6) is 0.203. The van der Waals surface area contributed by atoms with Crippen LogP contribution in [-0.4, -0.2) is 38.8 Å². The Kier molecular flexibility index (Phi) is 6.56. The lowest BCUT2D eigenvalue weighted by Gasteiger charge is -2.17. The molecule has 0 saturated heterocycles. The summed E-state index contributed by atoms with van der Waals surface area (Å²) in [5.41, 5.74) is 2.74. The van der Waals surface area contributed by atoms with Gasteiger partial charge in [-0.1, -0.05) is 43.7 Å². The van der Waals surface area contributed by atoms with E-state index in [1.54, 1.807) is 36.4 Å². The molecule has 0 atom stereocenters. The van der Waals surface area contributed by atoms with Gasteiger partial charge in [-0.2, -0.15) is 4.31 Å². The molecule has 0 aliphatic carbocycles. The van der Waals surface area contributed by atoms with E-state index in [-0.39, 0.29) is 23.9 Å². The summed E-state index contributed by atoms with van der Waals surface area (Å²) in [5, 5.41) is 2.77. The van der Waals surface area contributed by atoms with E-state index in [2.05, 4.69) is 19.2 Å². The van der Waals surface area contributed by atoms with E-state index < -0.39 is 10.0 Å². The Bertz CT molecular complexity index is 842. The lowest BCUT2D eigenvalue weighted by Crippen LogP contribution is -2.36. The lowest BCUT2D eigenvalue weighted by atomic mass is 10.0. The molecule has 5 nitrogen and oxygen atoms in total. The van der Waals surface area contributed by atoms with Crippen LogP contribution in [0.1, 0.15) is 41.3 Å². The molecule has 1 N–H and O–H groups in total. The molecule has 2 aromatic rings. The lowest BCUT2D eigenvalue weighted by molar-refractivity contribution is 0.0952. The highest BCUT2D eigenvalue weighted by Crippen LogP contribution is 2.15. The summed E-state index contributed by atoms with van der Waals surface area (Å²) >= 11 is 0. The topological polar surface area (TPSA) is 66.5 Å². The maximum Gasteiger partial charge on any atom is 0.251 e. The first-order chi connectivity index (χ1) is 12.2. The van der Waals surface area contributed by atoms with Crippen LogP contribution in [0.2, 0.25) is 0 Å². The largest absolute Gasteiger partial charge is 0.351 e. The predicted molar refractivity (Wildman–Crippen MR) is 104 cm³/mol. The normalized spacial score (nSPS) is 11.8. The Morgan fingerprint density at radius 1 is 1.04 bits per heavy atom. The van der Waals surface area contributed by atoms with Crippen molar-refractivity contribution in [3.63, 3.8) is 0 Å². The van der Waals surface area contributed by atoms with Gasteiger partial charge in [-0.25, -0.2) is 8.42 Å². The van der Waals surface area contributed by atoms with Crippen molar-refractivity contribution >= 4 is 15.9 Å². The van der Waals surface area contributed by atoms with Gasteiger partial charge in [0.2, 0.25) is 10.0 Å². The minimum Gasteiger partial charge on any atom is -0.351 e. The second-order valence-corrected chi connectivity index (χ2v) is 8.72. The first-order valence-electron chi connectivity index (χ1n) is 8.63. The number of amides is 1. The van der Waals surface area contributed by atoms with Gasteiger partial charge in [-0.05, 0) is 42.7 Å². The highest BCUT2D eigenvalue weighted by atomic mass is 32.2. The van der Waals surface area contributed by atoms with E-state index in [1.807, 2.05) is 19.1 Å². The molecule has 0 aromatic heterocycles. The number of hydrogen-bond donors (Lipinski definition) is 1. The standard InChI is InChI=1S/C20H26N2O3S/c1-15(2)17-7-9-18(10-8-17)20(23)21-13-14-22(4)26(24,25)19-11-5-16(3)6-12-19/h5-12,15H,13-14H2,1-4H3,(H,21,23). The number of likely N-dealkylation sites (N-methyl/N-ethyl adjacent to an activating group) is 1. The van der Waals surface area contributed by atoms with Crippen molar-refractivity contribution in [2.75, 3.05) is 20.1 Å². The van der Waals surface area contributed by atoms with Crippen LogP contribution in [0.25, 0.3) is 0 Å². The van der Waals surface area contributed by atoms with E-state index in [0.717, 1.165) is 5.56 Å². The van der Waals surface area contributed by atoms with Crippen LogP contribution in [0, 0.1) is 6.92 Å². The van der Waals surface area contributed by atoms with Crippen molar-refractivity contribution in [3.05, 3.63) is 65.2 Å². The summed E-state index contributed by atoms with van der Waals surface area (Å²) in [6.45, 7) is 6.54. The third-order valence-corrected chi connectivity index (χ3v) is 6.15. The van der Waals surface area contributed by atoms with Gasteiger partial charge in [0.25, 0.3) is 5.91 Å². The number of aryl methyl sites for hydroxylation is 1. The molecule has 0 spiro atoms. The number of nitrogens with zero attached hydrogens (tertiary/aromatic N) is 1. The van der Waals surface area contributed by atoms with Crippen molar-refractivity contribution < 1.29 is 13.2 Å². The molecule has 0 aliphatic rings. The number of carbonyl (C=O) groups excluding carboxylic acids is 1. The van der Waals surface area contributed by atoms with E-state index in [9.17, 15) is 13.2 Å². The quantitative estimate of drug-likeness (QED) is 0.809. The molecule has 1 amide bonds. The van der Waals surface area contributed by atoms with Crippen LogP contribution in [0.3, 0.4) is 0 Å². The summed E-state index contributed by atoms with van der Waals surface area (Å²) < 4.78 is 26.3. The van der Waals surface area contributed by atoms with Crippen LogP contribution in [0.15, 0.2) is 53.4 Å². The van der Waals surface area contributed by atoms with E-state index in [4.69, 9.17) is 0 Å². The zero-order chi connectivity index (χ0) is 19.3. The zero-order valence-corrected chi connectivity index (χ0v) is 16.5. The third kappa shape index (κ3) is 4.93. The molecule has 140 valence electrons. The number of benzene rings is 2. The Hall–Kier alpha value is -2.18. The maximum absolute atomic E-state index is 12.5. The number of sulfonamides is 1. The number of hydrogen-bond acceptors (Lipinski definition) is 3. The summed E-state index contributed by atoms with van der Waals surface area (Å²) in [7, 11) is -2.04. The molecule has 0 heterocycles. The maximum atomic E-state index is 12.5. The van der Waals surface area contributed by atoms with Crippen molar-refractivity contribution in [3.8, 4) is 0 Å². The van der Waals surface area contributed by atoms with E-state index >= 15 is 0 Å². The van der Waals surface area contributed by atoms with Gasteiger partial charge < -0.3 is 5.32 Å². The third-order valence-electron chi connectivity index (χ3n) is 4.28. The average molecular weight is 375 g/mol. The van der Waals surface area contributed by atoms with Gasteiger partial charge in [-0.15, -0.1) is 0 Å². The van der Waals surface area contributed by atoms with Gasteiger partial charge in [0.1, 0.15) is 0 Å². The monoisotopic (exact) mass is 374 g/mol. The Balaban J connectivity index is 1.91. The molecular formula is C20H26N2O3S. The summed E-state index contributed by atoms with van der Waals surface area (Å²) in [4.78, 5) is 12.4. The van der Waals surface area contributed by atoms with Gasteiger partial charge in [-0.3, -0.25) is 4.79 Å². The van der Waals surface area contributed by atoms with E-state index in [1.165, 1.54) is 16.9 Å². The molecule has 2 rings (SSSR count). The summed E-state index contributed by atoms with van der Waals surface area (Å²) in [6, 6.07) is 14.2. The minimum atomic E-state index is -3.55. The fourth-order valence-corrected chi connectivity index (χ4v) is 3.63. The van der Waals surface area contributed by atoms with Crippen molar-refractivity contribution in [2.45, 2.75) is 31.6 Å². The molecule has 0 bridgehead atoms. The first kappa shape index (κ1) is 20.1. The number of rotatable bonds is 7. The molecule has 2 aromatic carbocycles. The SMILES string of the molecule is Cc1ccc(S(=O)(=O)N(C)CCNC(=O)c2ccc(C(C)C)cc2)cc1. The van der Waals surface area contributed by atoms with Gasteiger partial charge >= 0.3 is 0 Å². The second-order valence-electron chi connectivity index (χ2n) is 6.67. The van der Waals surface area contributed by atoms with Crippen LogP contribution in [0.5, 0.6) is 0 Å².